The predicted octanol–water partition coefficient (Wildman–Crippen LogP) is 4.03. The smallest absolute Gasteiger partial charge is 0.229 e. The molecule has 24 heavy (non-hydrogen) atoms. The number of anilines is 3. The normalized spacial score (nSPS) is 13.8. The Morgan fingerprint density at radius 2 is 2.04 bits per heavy atom. The molecule has 0 bridgehead atoms. The Morgan fingerprint density at radius 3 is 2.79 bits per heavy atom. The second-order valence-corrected chi connectivity index (χ2v) is 6.16. The molecule has 1 aromatic heterocycles. The molecule has 5 heteroatoms. The van der Waals surface area contributed by atoms with Crippen LogP contribution in [0.3, 0.4) is 0 Å². The van der Waals surface area contributed by atoms with E-state index in [0.717, 1.165) is 49.6 Å². The van der Waals surface area contributed by atoms with Gasteiger partial charge in [-0.3, -0.25) is 0 Å². The summed E-state index contributed by atoms with van der Waals surface area (Å²) in [7, 11) is 0. The number of nitriles is 1. The zero-order valence-corrected chi connectivity index (χ0v) is 14.1. The van der Waals surface area contributed by atoms with Crippen LogP contribution in [-0.2, 0) is 6.42 Å². The molecule has 1 aromatic carbocycles. The van der Waals surface area contributed by atoms with Crippen molar-refractivity contribution in [2.75, 3.05) is 23.3 Å². The molecule has 0 unspecified atom stereocenters. The predicted molar refractivity (Wildman–Crippen MR) is 96.5 cm³/mol. The molecule has 3 rings (SSSR count). The molecule has 0 spiro atoms. The SMILES string of the molecule is CCCCc1cc(N2CCCC2)nc(Nc2cccc(C#N)c2)n1. The minimum absolute atomic E-state index is 0.612. The van der Waals surface area contributed by atoms with Gasteiger partial charge in [-0.15, -0.1) is 0 Å². The topological polar surface area (TPSA) is 64.8 Å². The van der Waals surface area contributed by atoms with Crippen molar-refractivity contribution in [1.29, 1.82) is 5.26 Å². The van der Waals surface area contributed by atoms with Crippen LogP contribution in [0.1, 0.15) is 43.9 Å². The second-order valence-electron chi connectivity index (χ2n) is 6.16. The fourth-order valence-corrected chi connectivity index (χ4v) is 2.93. The lowest BCUT2D eigenvalue weighted by Gasteiger charge is -2.18. The van der Waals surface area contributed by atoms with Gasteiger partial charge in [0.15, 0.2) is 0 Å². The largest absolute Gasteiger partial charge is 0.356 e. The van der Waals surface area contributed by atoms with Crippen LogP contribution in [-0.4, -0.2) is 23.1 Å². The summed E-state index contributed by atoms with van der Waals surface area (Å²) < 4.78 is 0. The van der Waals surface area contributed by atoms with Gasteiger partial charge in [-0.2, -0.15) is 10.2 Å². The van der Waals surface area contributed by atoms with Crippen LogP contribution in [0.5, 0.6) is 0 Å². The molecule has 124 valence electrons. The highest BCUT2D eigenvalue weighted by atomic mass is 15.2. The van der Waals surface area contributed by atoms with Gasteiger partial charge in [0.25, 0.3) is 0 Å². The van der Waals surface area contributed by atoms with Crippen LogP contribution in [0.4, 0.5) is 17.5 Å². The first-order chi connectivity index (χ1) is 11.8. The highest BCUT2D eigenvalue weighted by Gasteiger charge is 2.16. The molecule has 1 N–H and O–H groups in total. The van der Waals surface area contributed by atoms with Gasteiger partial charge in [0.1, 0.15) is 5.82 Å². The first kappa shape index (κ1) is 16.3. The zero-order valence-electron chi connectivity index (χ0n) is 14.1. The third-order valence-electron chi connectivity index (χ3n) is 4.23. The minimum atomic E-state index is 0.612. The van der Waals surface area contributed by atoms with Crippen molar-refractivity contribution in [3.8, 4) is 6.07 Å². The molecule has 2 heterocycles. The maximum Gasteiger partial charge on any atom is 0.229 e. The lowest BCUT2D eigenvalue weighted by atomic mass is 10.2. The quantitative estimate of drug-likeness (QED) is 0.870. The number of benzene rings is 1. The summed E-state index contributed by atoms with van der Waals surface area (Å²) in [6, 6.07) is 11.7. The third-order valence-corrected chi connectivity index (χ3v) is 4.23. The van der Waals surface area contributed by atoms with Crippen molar-refractivity contribution in [2.45, 2.75) is 39.0 Å². The fourth-order valence-electron chi connectivity index (χ4n) is 2.93. The van der Waals surface area contributed by atoms with E-state index in [4.69, 9.17) is 10.2 Å². The van der Waals surface area contributed by atoms with E-state index in [0.29, 0.717) is 11.5 Å². The number of aromatic nitrogens is 2. The molecule has 5 nitrogen and oxygen atoms in total. The van der Waals surface area contributed by atoms with E-state index >= 15 is 0 Å². The molecule has 0 aliphatic carbocycles. The summed E-state index contributed by atoms with van der Waals surface area (Å²) in [5.41, 5.74) is 2.55. The first-order valence-electron chi connectivity index (χ1n) is 8.68. The second kappa shape index (κ2) is 7.78. The van der Waals surface area contributed by atoms with Crippen molar-refractivity contribution in [3.63, 3.8) is 0 Å². The molecule has 0 amide bonds. The summed E-state index contributed by atoms with van der Waals surface area (Å²) in [6.45, 7) is 4.32. The van der Waals surface area contributed by atoms with Gasteiger partial charge in [0.05, 0.1) is 11.6 Å². The maximum absolute atomic E-state index is 9.04. The summed E-state index contributed by atoms with van der Waals surface area (Å²) in [6.07, 6.45) is 5.69. The average molecular weight is 321 g/mol. The third kappa shape index (κ3) is 4.02. The van der Waals surface area contributed by atoms with Gasteiger partial charge in [0, 0.05) is 30.5 Å². The number of unbranched alkanes of at least 4 members (excludes halogenated alkanes) is 1. The molecule has 1 saturated heterocycles. The number of aryl methyl sites for hydroxylation is 1. The first-order valence-corrected chi connectivity index (χ1v) is 8.68. The monoisotopic (exact) mass is 321 g/mol. The maximum atomic E-state index is 9.04. The Morgan fingerprint density at radius 1 is 1.21 bits per heavy atom. The van der Waals surface area contributed by atoms with E-state index in [2.05, 4.69) is 34.3 Å². The minimum Gasteiger partial charge on any atom is -0.356 e. The number of hydrogen-bond donors (Lipinski definition) is 1. The van der Waals surface area contributed by atoms with Crippen molar-refractivity contribution >= 4 is 17.5 Å². The number of hydrogen-bond acceptors (Lipinski definition) is 5. The van der Waals surface area contributed by atoms with Gasteiger partial charge >= 0.3 is 0 Å². The van der Waals surface area contributed by atoms with Crippen LogP contribution < -0.4 is 10.2 Å². The van der Waals surface area contributed by atoms with E-state index < -0.39 is 0 Å². The Hall–Kier alpha value is -2.61. The zero-order chi connectivity index (χ0) is 16.8. The molecule has 0 radical (unpaired) electrons. The molecule has 0 saturated carbocycles. The highest BCUT2D eigenvalue weighted by Crippen LogP contribution is 2.23. The molecular formula is C19H23N5. The van der Waals surface area contributed by atoms with Crippen molar-refractivity contribution in [3.05, 3.63) is 41.6 Å². The Balaban J connectivity index is 1.87. The Labute approximate surface area is 143 Å². The van der Waals surface area contributed by atoms with Crippen LogP contribution in [0.2, 0.25) is 0 Å². The molecule has 0 atom stereocenters. The lowest BCUT2D eigenvalue weighted by Crippen LogP contribution is -2.20. The van der Waals surface area contributed by atoms with Gasteiger partial charge < -0.3 is 10.2 Å². The van der Waals surface area contributed by atoms with E-state index in [-0.39, 0.29) is 0 Å². The number of rotatable bonds is 6. The summed E-state index contributed by atoms with van der Waals surface area (Å²) in [4.78, 5) is 11.7. The fraction of sp³-hybridized carbons (Fsp3) is 0.421. The molecule has 1 aliphatic rings. The van der Waals surface area contributed by atoms with Gasteiger partial charge in [0.2, 0.25) is 5.95 Å². The molecule has 1 aliphatic heterocycles. The summed E-state index contributed by atoms with van der Waals surface area (Å²) in [5.74, 6) is 1.62. The highest BCUT2D eigenvalue weighted by molar-refractivity contribution is 5.58. The number of nitrogens with one attached hydrogen (secondary N) is 1. The molecule has 2 aromatic rings. The van der Waals surface area contributed by atoms with Crippen molar-refractivity contribution in [2.24, 2.45) is 0 Å². The standard InChI is InChI=1S/C19H23N5/c1-2-3-8-17-13-18(24-10-4-5-11-24)23-19(22-17)21-16-9-6-7-15(12-16)14-20/h6-7,9,12-13H,2-5,8,10-11H2,1H3,(H,21,22,23). The van der Waals surface area contributed by atoms with Gasteiger partial charge in [-0.05, 0) is 43.9 Å². The molecule has 1 fully saturated rings. The van der Waals surface area contributed by atoms with Crippen molar-refractivity contribution < 1.29 is 0 Å². The van der Waals surface area contributed by atoms with E-state index in [9.17, 15) is 0 Å². The van der Waals surface area contributed by atoms with Crippen LogP contribution in [0, 0.1) is 11.3 Å². The van der Waals surface area contributed by atoms with Crippen LogP contribution in [0.15, 0.2) is 30.3 Å². The Kier molecular flexibility index (Phi) is 5.27. The van der Waals surface area contributed by atoms with E-state index in [1.54, 1.807) is 6.07 Å². The Bertz CT molecular complexity index is 729. The molecular weight excluding hydrogens is 298 g/mol. The number of nitrogens with zero attached hydrogens (tertiary/aromatic N) is 4. The van der Waals surface area contributed by atoms with Gasteiger partial charge in [-0.1, -0.05) is 19.4 Å². The van der Waals surface area contributed by atoms with Crippen molar-refractivity contribution in [1.82, 2.24) is 9.97 Å². The lowest BCUT2D eigenvalue weighted by molar-refractivity contribution is 0.772. The van der Waals surface area contributed by atoms with E-state index in [1.165, 1.54) is 12.8 Å². The summed E-state index contributed by atoms with van der Waals surface area (Å²) in [5, 5.41) is 12.3. The van der Waals surface area contributed by atoms with Crippen LogP contribution >= 0.6 is 0 Å². The summed E-state index contributed by atoms with van der Waals surface area (Å²) >= 11 is 0. The van der Waals surface area contributed by atoms with E-state index in [1.807, 2.05) is 18.2 Å². The average Bonchev–Trinajstić information content (AvgIpc) is 3.14. The van der Waals surface area contributed by atoms with Gasteiger partial charge in [-0.25, -0.2) is 4.98 Å². The van der Waals surface area contributed by atoms with Crippen LogP contribution in [0.25, 0.3) is 0 Å².